The number of aryl methyl sites for hydroxylation is 4. The molecule has 238 valence electrons. The molecule has 3 aromatic heterocycles. The summed E-state index contributed by atoms with van der Waals surface area (Å²) in [6, 6.07) is 23.7. The third-order valence-electron chi connectivity index (χ3n) is 9.23. The standard InChI is InChI=1S/C39H38FN5O2/c1-23(2)20-33-36(38(41)46)35(37(39-44-43-24(3)47-39)32(42-33)16-10-25-8-14-30(40)15-9-25)28-13-17-34-27(21-28)18-19-45(34)22-29-12-11-26-6-4-5-7-31(26)29/h4-9,13-15,17-19,21,23,29H,10-12,16,20,22H2,1-3H3,(H2,41,46). The Balaban J connectivity index is 1.37. The van der Waals surface area contributed by atoms with Crippen LogP contribution in [0.4, 0.5) is 4.39 Å². The molecule has 1 aliphatic carbocycles. The molecule has 7 nitrogen and oxygen atoms in total. The van der Waals surface area contributed by atoms with Gasteiger partial charge in [0, 0.05) is 42.0 Å². The number of carbonyl (C=O) groups is 1. The van der Waals surface area contributed by atoms with Crippen molar-refractivity contribution in [1.82, 2.24) is 19.7 Å². The number of primary amides is 1. The number of amides is 1. The van der Waals surface area contributed by atoms with Gasteiger partial charge in [-0.15, -0.1) is 10.2 Å². The average Bonchev–Trinajstić information content (AvgIpc) is 3.78. The molecule has 1 aliphatic rings. The minimum absolute atomic E-state index is 0.229. The van der Waals surface area contributed by atoms with Crippen molar-refractivity contribution in [3.63, 3.8) is 0 Å². The summed E-state index contributed by atoms with van der Waals surface area (Å²) in [5.74, 6) is 0.560. The normalized spacial score (nSPS) is 14.3. The molecule has 7 rings (SSSR count). The van der Waals surface area contributed by atoms with Gasteiger partial charge in [0.2, 0.25) is 11.8 Å². The average molecular weight is 628 g/mol. The Labute approximate surface area is 273 Å². The second kappa shape index (κ2) is 12.6. The maximum Gasteiger partial charge on any atom is 0.251 e. The first-order valence-electron chi connectivity index (χ1n) is 16.3. The second-order valence-corrected chi connectivity index (χ2v) is 13.0. The van der Waals surface area contributed by atoms with Crippen LogP contribution in [-0.4, -0.2) is 25.7 Å². The molecule has 0 spiro atoms. The van der Waals surface area contributed by atoms with Gasteiger partial charge in [-0.3, -0.25) is 9.78 Å². The predicted octanol–water partition coefficient (Wildman–Crippen LogP) is 8.01. The summed E-state index contributed by atoms with van der Waals surface area (Å²) in [6.07, 6.45) is 6.10. The highest BCUT2D eigenvalue weighted by molar-refractivity contribution is 6.05. The zero-order chi connectivity index (χ0) is 32.7. The van der Waals surface area contributed by atoms with E-state index in [2.05, 4.69) is 83.3 Å². The molecule has 0 radical (unpaired) electrons. The third-order valence-corrected chi connectivity index (χ3v) is 9.23. The molecular formula is C39H38FN5O2. The van der Waals surface area contributed by atoms with E-state index in [1.807, 2.05) is 0 Å². The van der Waals surface area contributed by atoms with Crippen LogP contribution in [0.1, 0.15) is 70.5 Å². The number of halogens is 1. The van der Waals surface area contributed by atoms with Crippen molar-refractivity contribution in [1.29, 1.82) is 0 Å². The number of nitrogens with two attached hydrogens (primary N) is 1. The van der Waals surface area contributed by atoms with E-state index in [1.165, 1.54) is 23.3 Å². The molecule has 0 fully saturated rings. The zero-order valence-corrected chi connectivity index (χ0v) is 27.0. The summed E-state index contributed by atoms with van der Waals surface area (Å²) < 4.78 is 22.0. The van der Waals surface area contributed by atoms with Crippen molar-refractivity contribution >= 4 is 16.8 Å². The Morgan fingerprint density at radius 2 is 1.81 bits per heavy atom. The Morgan fingerprint density at radius 1 is 1.00 bits per heavy atom. The Bertz CT molecular complexity index is 2090. The van der Waals surface area contributed by atoms with E-state index in [0.717, 1.165) is 47.1 Å². The van der Waals surface area contributed by atoms with Crippen LogP contribution in [0.5, 0.6) is 0 Å². The summed E-state index contributed by atoms with van der Waals surface area (Å²) in [7, 11) is 0. The minimum Gasteiger partial charge on any atom is -0.421 e. The van der Waals surface area contributed by atoms with E-state index in [9.17, 15) is 9.18 Å². The number of nitrogens with zero attached hydrogens (tertiary/aromatic N) is 4. The van der Waals surface area contributed by atoms with Crippen molar-refractivity contribution in [2.24, 2.45) is 11.7 Å². The SMILES string of the molecule is Cc1nnc(-c2c(CCc3ccc(F)cc3)nc(CC(C)C)c(C(N)=O)c2-c2ccc3c(ccn3CC3CCc4ccccc43)c2)o1. The number of carbonyl (C=O) groups excluding carboxylic acids is 1. The molecule has 1 unspecified atom stereocenters. The van der Waals surface area contributed by atoms with Gasteiger partial charge in [0.15, 0.2) is 0 Å². The zero-order valence-electron chi connectivity index (χ0n) is 27.0. The molecule has 3 heterocycles. The van der Waals surface area contributed by atoms with E-state index in [-0.39, 0.29) is 17.6 Å². The largest absolute Gasteiger partial charge is 0.421 e. The van der Waals surface area contributed by atoms with Crippen LogP contribution in [0.25, 0.3) is 33.5 Å². The summed E-state index contributed by atoms with van der Waals surface area (Å²) in [6.45, 7) is 6.83. The molecule has 0 saturated heterocycles. The van der Waals surface area contributed by atoms with Crippen LogP contribution in [-0.2, 0) is 32.2 Å². The number of hydrogen-bond acceptors (Lipinski definition) is 5. The van der Waals surface area contributed by atoms with Crippen molar-refractivity contribution in [2.75, 3.05) is 0 Å². The van der Waals surface area contributed by atoms with Crippen molar-refractivity contribution < 1.29 is 13.6 Å². The minimum atomic E-state index is -0.553. The number of pyridine rings is 1. The summed E-state index contributed by atoms with van der Waals surface area (Å²) in [4.78, 5) is 18.4. The van der Waals surface area contributed by atoms with E-state index >= 15 is 0 Å². The van der Waals surface area contributed by atoms with E-state index in [4.69, 9.17) is 15.1 Å². The van der Waals surface area contributed by atoms with Crippen LogP contribution >= 0.6 is 0 Å². The number of hydrogen-bond donors (Lipinski definition) is 1. The topological polar surface area (TPSA) is 99.8 Å². The molecule has 1 atom stereocenters. The van der Waals surface area contributed by atoms with Crippen LogP contribution in [0.2, 0.25) is 0 Å². The van der Waals surface area contributed by atoms with Crippen LogP contribution in [0, 0.1) is 18.7 Å². The van der Waals surface area contributed by atoms with Gasteiger partial charge in [0.05, 0.1) is 22.5 Å². The van der Waals surface area contributed by atoms with Gasteiger partial charge in [-0.05, 0) is 90.6 Å². The van der Waals surface area contributed by atoms with Crippen molar-refractivity contribution in [2.45, 2.75) is 65.3 Å². The molecule has 47 heavy (non-hydrogen) atoms. The second-order valence-electron chi connectivity index (χ2n) is 13.0. The van der Waals surface area contributed by atoms with E-state index in [0.29, 0.717) is 53.5 Å². The van der Waals surface area contributed by atoms with Gasteiger partial charge >= 0.3 is 0 Å². The fourth-order valence-corrected chi connectivity index (χ4v) is 7.09. The first-order valence-corrected chi connectivity index (χ1v) is 16.3. The van der Waals surface area contributed by atoms with Crippen molar-refractivity contribution in [3.05, 3.63) is 124 Å². The summed E-state index contributed by atoms with van der Waals surface area (Å²) >= 11 is 0. The van der Waals surface area contributed by atoms with Crippen molar-refractivity contribution in [3.8, 4) is 22.6 Å². The number of aromatic nitrogens is 4. The van der Waals surface area contributed by atoms with Crippen LogP contribution < -0.4 is 5.73 Å². The van der Waals surface area contributed by atoms with Gasteiger partial charge in [0.25, 0.3) is 5.91 Å². The van der Waals surface area contributed by atoms with Gasteiger partial charge in [0.1, 0.15) is 5.82 Å². The first kappa shape index (κ1) is 30.5. The molecule has 3 aromatic carbocycles. The lowest BCUT2D eigenvalue weighted by atomic mass is 9.88. The highest BCUT2D eigenvalue weighted by Gasteiger charge is 2.29. The smallest absolute Gasteiger partial charge is 0.251 e. The first-order chi connectivity index (χ1) is 22.7. The van der Waals surface area contributed by atoms with Crippen LogP contribution in [0.15, 0.2) is 83.4 Å². The van der Waals surface area contributed by atoms with E-state index < -0.39 is 5.91 Å². The lowest BCUT2D eigenvalue weighted by Gasteiger charge is -2.20. The molecule has 8 heteroatoms. The maximum atomic E-state index is 13.7. The maximum absolute atomic E-state index is 13.7. The number of rotatable bonds is 10. The molecular weight excluding hydrogens is 589 g/mol. The van der Waals surface area contributed by atoms with Gasteiger partial charge < -0.3 is 14.7 Å². The lowest BCUT2D eigenvalue weighted by molar-refractivity contribution is 0.0999. The lowest BCUT2D eigenvalue weighted by Crippen LogP contribution is -2.20. The number of benzene rings is 3. The van der Waals surface area contributed by atoms with Gasteiger partial charge in [-0.2, -0.15) is 0 Å². The molecule has 2 N–H and O–H groups in total. The number of fused-ring (bicyclic) bond motifs is 2. The third kappa shape index (κ3) is 6.08. The Morgan fingerprint density at radius 3 is 2.55 bits per heavy atom. The fraction of sp³-hybridized carbons (Fsp3) is 0.282. The summed E-state index contributed by atoms with van der Waals surface area (Å²) in [5, 5.41) is 9.59. The highest BCUT2D eigenvalue weighted by atomic mass is 19.1. The van der Waals surface area contributed by atoms with Gasteiger partial charge in [-0.25, -0.2) is 4.39 Å². The monoisotopic (exact) mass is 627 g/mol. The molecule has 0 bridgehead atoms. The van der Waals surface area contributed by atoms with E-state index in [1.54, 1.807) is 19.1 Å². The fourth-order valence-electron chi connectivity index (χ4n) is 7.09. The van der Waals surface area contributed by atoms with Gasteiger partial charge in [-0.1, -0.05) is 56.3 Å². The molecule has 0 saturated carbocycles. The molecule has 1 amide bonds. The summed E-state index contributed by atoms with van der Waals surface area (Å²) in [5.41, 5.74) is 15.0. The molecule has 0 aliphatic heterocycles. The predicted molar refractivity (Wildman–Crippen MR) is 182 cm³/mol. The highest BCUT2D eigenvalue weighted by Crippen LogP contribution is 2.41. The van der Waals surface area contributed by atoms with Crippen LogP contribution in [0.3, 0.4) is 0 Å². The quantitative estimate of drug-likeness (QED) is 0.166. The molecule has 6 aromatic rings. The Kier molecular flexibility index (Phi) is 8.18. The Hall–Kier alpha value is -5.11.